The molecule has 0 aliphatic carbocycles. The van der Waals surface area contributed by atoms with Crippen LogP contribution in [0.25, 0.3) is 5.69 Å². The number of nitrogens with one attached hydrogen (secondary N) is 1. The summed E-state index contributed by atoms with van der Waals surface area (Å²) < 4.78 is 1.58. The van der Waals surface area contributed by atoms with Gasteiger partial charge >= 0.3 is 0 Å². The molecule has 0 unspecified atom stereocenters. The van der Waals surface area contributed by atoms with Crippen molar-refractivity contribution < 1.29 is 4.79 Å². The summed E-state index contributed by atoms with van der Waals surface area (Å²) in [6.45, 7) is 2.43. The van der Waals surface area contributed by atoms with Crippen LogP contribution >= 0.6 is 23.2 Å². The highest BCUT2D eigenvalue weighted by Crippen LogP contribution is 2.21. The number of nitrogens with zero attached hydrogens (tertiary/aromatic N) is 3. The highest BCUT2D eigenvalue weighted by atomic mass is 35.5. The fourth-order valence-electron chi connectivity index (χ4n) is 2.38. The Morgan fingerprint density at radius 1 is 1.20 bits per heavy atom. The van der Waals surface area contributed by atoms with Crippen LogP contribution in [0.1, 0.15) is 21.7 Å². The van der Waals surface area contributed by atoms with Crippen molar-refractivity contribution in [3.63, 3.8) is 0 Å². The molecule has 0 radical (unpaired) electrons. The van der Waals surface area contributed by atoms with E-state index >= 15 is 0 Å². The van der Waals surface area contributed by atoms with Crippen molar-refractivity contribution in [3.05, 3.63) is 75.8 Å². The molecule has 0 spiro atoms. The van der Waals surface area contributed by atoms with E-state index < -0.39 is 0 Å². The number of carbonyl (C=O) groups is 1. The second-order valence-corrected chi connectivity index (χ2v) is 6.44. The van der Waals surface area contributed by atoms with E-state index in [1.54, 1.807) is 16.8 Å². The number of halogens is 2. The molecule has 0 aliphatic heterocycles. The van der Waals surface area contributed by atoms with Crippen molar-refractivity contribution in [2.75, 3.05) is 6.54 Å². The van der Waals surface area contributed by atoms with Gasteiger partial charge in [0.25, 0.3) is 5.91 Å². The van der Waals surface area contributed by atoms with E-state index in [2.05, 4.69) is 15.4 Å². The van der Waals surface area contributed by atoms with E-state index in [9.17, 15) is 4.79 Å². The van der Waals surface area contributed by atoms with Crippen LogP contribution in [0.4, 0.5) is 0 Å². The number of amides is 1. The maximum absolute atomic E-state index is 12.2. The van der Waals surface area contributed by atoms with Crippen LogP contribution < -0.4 is 5.32 Å². The lowest BCUT2D eigenvalue weighted by atomic mass is 10.1. The van der Waals surface area contributed by atoms with Gasteiger partial charge in [-0.1, -0.05) is 41.4 Å². The maximum Gasteiger partial charge on any atom is 0.290 e. The number of carbonyl (C=O) groups excluding carboxylic acids is 1. The standard InChI is InChI=1S/C18H16Cl2N4O/c1-12-3-2-4-15(9-12)24-11-22-17(23-24)18(25)21-8-7-13-5-6-14(19)10-16(13)20/h2-6,9-11H,7-8H2,1H3,(H,21,25). The summed E-state index contributed by atoms with van der Waals surface area (Å²) in [5.74, 6) is -0.194. The first kappa shape index (κ1) is 17.5. The molecule has 128 valence electrons. The topological polar surface area (TPSA) is 59.8 Å². The van der Waals surface area contributed by atoms with Crippen molar-refractivity contribution >= 4 is 29.1 Å². The smallest absolute Gasteiger partial charge is 0.290 e. The maximum atomic E-state index is 12.2. The molecule has 5 nitrogen and oxygen atoms in total. The Morgan fingerprint density at radius 3 is 2.80 bits per heavy atom. The highest BCUT2D eigenvalue weighted by molar-refractivity contribution is 6.35. The zero-order valence-corrected chi connectivity index (χ0v) is 15.1. The molecule has 0 saturated carbocycles. The first-order valence-electron chi connectivity index (χ1n) is 7.74. The Bertz CT molecular complexity index is 908. The number of benzene rings is 2. The summed E-state index contributed by atoms with van der Waals surface area (Å²) in [6.07, 6.45) is 2.13. The van der Waals surface area contributed by atoms with Crippen molar-refractivity contribution in [3.8, 4) is 5.69 Å². The van der Waals surface area contributed by atoms with E-state index in [1.165, 1.54) is 6.33 Å². The lowest BCUT2D eigenvalue weighted by Crippen LogP contribution is -2.27. The van der Waals surface area contributed by atoms with Gasteiger partial charge in [-0.15, -0.1) is 5.10 Å². The van der Waals surface area contributed by atoms with Crippen molar-refractivity contribution in [1.82, 2.24) is 20.1 Å². The second-order valence-electron chi connectivity index (χ2n) is 5.59. The fraction of sp³-hybridized carbons (Fsp3) is 0.167. The molecule has 7 heteroatoms. The summed E-state index contributed by atoms with van der Waals surface area (Å²) in [4.78, 5) is 16.3. The Labute approximate surface area is 155 Å². The molecule has 0 aliphatic rings. The molecule has 3 rings (SSSR count). The molecule has 0 fully saturated rings. The van der Waals surface area contributed by atoms with E-state index in [0.29, 0.717) is 23.0 Å². The normalized spacial score (nSPS) is 10.7. The lowest BCUT2D eigenvalue weighted by Gasteiger charge is -2.05. The van der Waals surface area contributed by atoms with Gasteiger partial charge in [-0.25, -0.2) is 9.67 Å². The van der Waals surface area contributed by atoms with Gasteiger partial charge < -0.3 is 5.32 Å². The average molecular weight is 375 g/mol. The summed E-state index contributed by atoms with van der Waals surface area (Å²) in [7, 11) is 0. The number of rotatable bonds is 5. The van der Waals surface area contributed by atoms with Crippen molar-refractivity contribution in [2.24, 2.45) is 0 Å². The van der Waals surface area contributed by atoms with Crippen LogP contribution in [-0.2, 0) is 6.42 Å². The minimum Gasteiger partial charge on any atom is -0.349 e. The molecule has 0 atom stereocenters. The third-order valence-electron chi connectivity index (χ3n) is 3.66. The van der Waals surface area contributed by atoms with E-state index in [1.807, 2.05) is 37.3 Å². The van der Waals surface area contributed by atoms with Crippen LogP contribution in [0.3, 0.4) is 0 Å². The molecule has 25 heavy (non-hydrogen) atoms. The molecular formula is C18H16Cl2N4O. The van der Waals surface area contributed by atoms with E-state index in [0.717, 1.165) is 16.8 Å². The lowest BCUT2D eigenvalue weighted by molar-refractivity contribution is 0.0944. The van der Waals surface area contributed by atoms with Gasteiger partial charge in [0.05, 0.1) is 5.69 Å². The van der Waals surface area contributed by atoms with Crippen LogP contribution in [0.5, 0.6) is 0 Å². The quantitative estimate of drug-likeness (QED) is 0.737. The first-order chi connectivity index (χ1) is 12.0. The zero-order chi connectivity index (χ0) is 17.8. The molecule has 1 heterocycles. The van der Waals surface area contributed by atoms with Crippen LogP contribution in [-0.4, -0.2) is 27.2 Å². The fourth-order valence-corrected chi connectivity index (χ4v) is 2.88. The number of hydrogen-bond acceptors (Lipinski definition) is 3. The Kier molecular flexibility index (Phi) is 5.36. The van der Waals surface area contributed by atoms with Gasteiger partial charge in [-0.05, 0) is 48.7 Å². The molecule has 1 amide bonds. The Hall–Kier alpha value is -2.37. The number of hydrogen-bond donors (Lipinski definition) is 1. The second kappa shape index (κ2) is 7.68. The molecular weight excluding hydrogens is 359 g/mol. The van der Waals surface area contributed by atoms with Crippen molar-refractivity contribution in [1.29, 1.82) is 0 Å². The molecule has 0 saturated heterocycles. The summed E-state index contributed by atoms with van der Waals surface area (Å²) in [5, 5.41) is 8.20. The molecule has 2 aromatic carbocycles. The van der Waals surface area contributed by atoms with E-state index in [4.69, 9.17) is 23.2 Å². The molecule has 1 N–H and O–H groups in total. The zero-order valence-electron chi connectivity index (χ0n) is 13.5. The third-order valence-corrected chi connectivity index (χ3v) is 4.24. The third kappa shape index (κ3) is 4.38. The molecule has 0 bridgehead atoms. The van der Waals surface area contributed by atoms with Crippen LogP contribution in [0.2, 0.25) is 10.0 Å². The number of aryl methyl sites for hydroxylation is 1. The molecule has 1 aromatic heterocycles. The Balaban J connectivity index is 1.60. The monoisotopic (exact) mass is 374 g/mol. The predicted molar refractivity (Wildman–Crippen MR) is 98.6 cm³/mol. The highest BCUT2D eigenvalue weighted by Gasteiger charge is 2.12. The summed E-state index contributed by atoms with van der Waals surface area (Å²) in [5.41, 5.74) is 2.89. The van der Waals surface area contributed by atoms with Gasteiger partial charge in [-0.2, -0.15) is 0 Å². The van der Waals surface area contributed by atoms with Gasteiger partial charge in [0.2, 0.25) is 5.82 Å². The first-order valence-corrected chi connectivity index (χ1v) is 8.49. The van der Waals surface area contributed by atoms with Gasteiger partial charge in [0.15, 0.2) is 0 Å². The minimum absolute atomic E-state index is 0.128. The SMILES string of the molecule is Cc1cccc(-n2cnc(C(=O)NCCc3ccc(Cl)cc3Cl)n2)c1. The van der Waals surface area contributed by atoms with Crippen LogP contribution in [0.15, 0.2) is 48.8 Å². The number of aromatic nitrogens is 3. The van der Waals surface area contributed by atoms with Gasteiger partial charge in [-0.3, -0.25) is 4.79 Å². The summed E-state index contributed by atoms with van der Waals surface area (Å²) in [6, 6.07) is 13.1. The predicted octanol–water partition coefficient (Wildman–Crippen LogP) is 3.86. The van der Waals surface area contributed by atoms with Gasteiger partial charge in [0.1, 0.15) is 6.33 Å². The van der Waals surface area contributed by atoms with Crippen molar-refractivity contribution in [2.45, 2.75) is 13.3 Å². The van der Waals surface area contributed by atoms with Crippen LogP contribution in [0, 0.1) is 6.92 Å². The van der Waals surface area contributed by atoms with E-state index in [-0.39, 0.29) is 11.7 Å². The average Bonchev–Trinajstić information content (AvgIpc) is 3.07. The summed E-state index contributed by atoms with van der Waals surface area (Å²) >= 11 is 12.0. The minimum atomic E-state index is -0.323. The largest absolute Gasteiger partial charge is 0.349 e. The molecule has 3 aromatic rings. The Morgan fingerprint density at radius 2 is 2.04 bits per heavy atom. The van der Waals surface area contributed by atoms with Gasteiger partial charge in [0, 0.05) is 16.6 Å².